The van der Waals surface area contributed by atoms with Gasteiger partial charge in [-0.25, -0.2) is 0 Å². The predicted molar refractivity (Wildman–Crippen MR) is 134 cm³/mol. The maximum atomic E-state index is 9.41. The molecule has 0 heterocycles. The summed E-state index contributed by atoms with van der Waals surface area (Å²) in [6.07, 6.45) is 16.5. The fraction of sp³-hybridized carbons (Fsp3) is 1.00. The SMILES string of the molecule is C[C@H](CCCC(CO)CO)[C@H]1CC[C@]2(C)[C@@H]1CC[C@@H]1[C@@]3(C)CCCC(C)(C)[C@@H]3CC[C@]12C. The molecule has 4 rings (SSSR count). The summed E-state index contributed by atoms with van der Waals surface area (Å²) in [5.41, 5.74) is 2.11. The van der Waals surface area contributed by atoms with Gasteiger partial charge in [0.1, 0.15) is 0 Å². The van der Waals surface area contributed by atoms with Crippen molar-refractivity contribution in [2.24, 2.45) is 57.2 Å². The van der Waals surface area contributed by atoms with Crippen molar-refractivity contribution in [2.45, 2.75) is 119 Å². The summed E-state index contributed by atoms with van der Waals surface area (Å²) in [7, 11) is 0. The van der Waals surface area contributed by atoms with Crippen LogP contribution >= 0.6 is 0 Å². The van der Waals surface area contributed by atoms with Crippen LogP contribution in [0.4, 0.5) is 0 Å². The van der Waals surface area contributed by atoms with Gasteiger partial charge in [0.2, 0.25) is 0 Å². The third-order valence-corrected chi connectivity index (χ3v) is 12.7. The van der Waals surface area contributed by atoms with E-state index in [0.29, 0.717) is 21.7 Å². The van der Waals surface area contributed by atoms with Crippen molar-refractivity contribution >= 4 is 0 Å². The molecule has 0 radical (unpaired) electrons. The van der Waals surface area contributed by atoms with Gasteiger partial charge in [-0.3, -0.25) is 0 Å². The minimum Gasteiger partial charge on any atom is -0.396 e. The molecule has 0 aromatic heterocycles. The van der Waals surface area contributed by atoms with Crippen molar-refractivity contribution in [1.29, 1.82) is 0 Å². The van der Waals surface area contributed by atoms with Crippen molar-refractivity contribution in [1.82, 2.24) is 0 Å². The minimum atomic E-state index is 0.0843. The van der Waals surface area contributed by atoms with Crippen molar-refractivity contribution in [2.75, 3.05) is 13.2 Å². The second kappa shape index (κ2) is 8.85. The largest absolute Gasteiger partial charge is 0.396 e. The van der Waals surface area contributed by atoms with Gasteiger partial charge >= 0.3 is 0 Å². The molecule has 0 unspecified atom stereocenters. The van der Waals surface area contributed by atoms with E-state index >= 15 is 0 Å². The smallest absolute Gasteiger partial charge is 0.0481 e. The molecule has 0 aromatic rings. The number of rotatable bonds is 7. The highest BCUT2D eigenvalue weighted by molar-refractivity contribution is 5.16. The third-order valence-electron chi connectivity index (χ3n) is 12.7. The zero-order valence-corrected chi connectivity index (χ0v) is 22.3. The van der Waals surface area contributed by atoms with Crippen LogP contribution < -0.4 is 0 Å². The summed E-state index contributed by atoms with van der Waals surface area (Å²) in [5, 5.41) is 18.8. The van der Waals surface area contributed by atoms with Crippen LogP contribution in [0.3, 0.4) is 0 Å². The molecule has 0 amide bonds. The maximum Gasteiger partial charge on any atom is 0.0481 e. The van der Waals surface area contributed by atoms with Crippen LogP contribution in [0.1, 0.15) is 119 Å². The molecular formula is C30H54O2. The van der Waals surface area contributed by atoms with Gasteiger partial charge in [-0.2, -0.15) is 0 Å². The molecule has 4 aliphatic rings. The van der Waals surface area contributed by atoms with E-state index < -0.39 is 0 Å². The van der Waals surface area contributed by atoms with Gasteiger partial charge in [0, 0.05) is 19.1 Å². The van der Waals surface area contributed by atoms with Crippen molar-refractivity contribution in [3.05, 3.63) is 0 Å². The molecule has 2 heteroatoms. The molecular weight excluding hydrogens is 392 g/mol. The first-order valence-electron chi connectivity index (χ1n) is 14.3. The Labute approximate surface area is 199 Å². The Balaban J connectivity index is 1.50. The van der Waals surface area contributed by atoms with Crippen LogP contribution in [0.5, 0.6) is 0 Å². The lowest BCUT2D eigenvalue weighted by molar-refractivity contribution is -0.203. The van der Waals surface area contributed by atoms with Gasteiger partial charge in [-0.1, -0.05) is 60.8 Å². The van der Waals surface area contributed by atoms with Crippen LogP contribution in [0.2, 0.25) is 0 Å². The third kappa shape index (κ3) is 3.73. The first kappa shape index (κ1) is 25.0. The second-order valence-electron chi connectivity index (χ2n) is 14.4. The number of hydrogen-bond donors (Lipinski definition) is 2. The van der Waals surface area contributed by atoms with Gasteiger partial charge in [-0.05, 0) is 109 Å². The summed E-state index contributed by atoms with van der Waals surface area (Å²) >= 11 is 0. The predicted octanol–water partition coefficient (Wildman–Crippen LogP) is 7.47. The average molecular weight is 447 g/mol. The van der Waals surface area contributed by atoms with Crippen LogP contribution in [0.15, 0.2) is 0 Å². The van der Waals surface area contributed by atoms with Gasteiger partial charge in [0.25, 0.3) is 0 Å². The number of fused-ring (bicyclic) bond motifs is 5. The molecule has 0 saturated heterocycles. The standard InChI is InChI=1S/C30H54O2/c1-21(9-7-10-22(19-31)20-32)23-13-17-29(5)24(23)11-12-26-28(4)16-8-15-27(2,3)25(28)14-18-30(26,29)6/h21-26,31-32H,7-20H2,1-6H3/t21-,23-,24-,25+,26-,28+,29-,30-/m1/s1. The lowest BCUT2D eigenvalue weighted by Gasteiger charge is -2.69. The molecule has 186 valence electrons. The molecule has 4 fully saturated rings. The summed E-state index contributed by atoms with van der Waals surface area (Å²) < 4.78 is 0. The molecule has 2 N–H and O–H groups in total. The first-order chi connectivity index (χ1) is 15.0. The van der Waals surface area contributed by atoms with E-state index in [1.54, 1.807) is 0 Å². The molecule has 8 atom stereocenters. The van der Waals surface area contributed by atoms with Gasteiger partial charge in [0.05, 0.1) is 0 Å². The Bertz CT molecular complexity index is 653. The van der Waals surface area contributed by atoms with Crippen molar-refractivity contribution < 1.29 is 10.2 Å². The lowest BCUT2D eigenvalue weighted by Crippen LogP contribution is -2.62. The van der Waals surface area contributed by atoms with E-state index in [-0.39, 0.29) is 19.1 Å². The van der Waals surface area contributed by atoms with Crippen LogP contribution in [0, 0.1) is 57.2 Å². The molecule has 0 bridgehead atoms. The number of hydrogen-bond acceptors (Lipinski definition) is 2. The van der Waals surface area contributed by atoms with Gasteiger partial charge < -0.3 is 10.2 Å². The summed E-state index contributed by atoms with van der Waals surface area (Å²) in [5.74, 6) is 4.49. The molecule has 0 spiro atoms. The number of aliphatic hydroxyl groups excluding tert-OH is 2. The molecule has 32 heavy (non-hydrogen) atoms. The fourth-order valence-electron chi connectivity index (χ4n) is 10.8. The Kier molecular flexibility index (Phi) is 6.92. The van der Waals surface area contributed by atoms with Gasteiger partial charge in [-0.15, -0.1) is 0 Å². The van der Waals surface area contributed by atoms with E-state index in [9.17, 15) is 10.2 Å². The Hall–Kier alpha value is -0.0800. The van der Waals surface area contributed by atoms with Crippen molar-refractivity contribution in [3.8, 4) is 0 Å². The van der Waals surface area contributed by atoms with Crippen LogP contribution in [-0.2, 0) is 0 Å². The highest BCUT2D eigenvalue weighted by atomic mass is 16.3. The average Bonchev–Trinajstić information content (AvgIpc) is 3.09. The second-order valence-corrected chi connectivity index (χ2v) is 14.4. The Morgan fingerprint density at radius 3 is 2.12 bits per heavy atom. The van der Waals surface area contributed by atoms with Crippen LogP contribution in [0.25, 0.3) is 0 Å². The fourth-order valence-corrected chi connectivity index (χ4v) is 10.8. The molecule has 4 saturated carbocycles. The maximum absolute atomic E-state index is 9.41. The molecule has 4 aliphatic carbocycles. The normalized spacial score (nSPS) is 46.4. The monoisotopic (exact) mass is 446 g/mol. The Morgan fingerprint density at radius 1 is 0.750 bits per heavy atom. The zero-order chi connectivity index (χ0) is 23.4. The Morgan fingerprint density at radius 2 is 1.44 bits per heavy atom. The quantitative estimate of drug-likeness (QED) is 0.426. The van der Waals surface area contributed by atoms with E-state index in [1.807, 2.05) is 0 Å². The van der Waals surface area contributed by atoms with E-state index in [0.717, 1.165) is 42.4 Å². The number of aliphatic hydroxyl groups is 2. The van der Waals surface area contributed by atoms with Crippen molar-refractivity contribution in [3.63, 3.8) is 0 Å². The molecule has 0 aliphatic heterocycles. The summed E-state index contributed by atoms with van der Waals surface area (Å²) in [6, 6.07) is 0. The van der Waals surface area contributed by atoms with E-state index in [1.165, 1.54) is 64.2 Å². The zero-order valence-electron chi connectivity index (χ0n) is 22.3. The molecule has 0 aromatic carbocycles. The van der Waals surface area contributed by atoms with Gasteiger partial charge in [0.15, 0.2) is 0 Å². The lowest BCUT2D eigenvalue weighted by atomic mass is 9.35. The van der Waals surface area contributed by atoms with Crippen LogP contribution in [-0.4, -0.2) is 23.4 Å². The highest BCUT2D eigenvalue weighted by Crippen LogP contribution is 2.75. The topological polar surface area (TPSA) is 40.5 Å². The van der Waals surface area contributed by atoms with E-state index in [4.69, 9.17) is 0 Å². The van der Waals surface area contributed by atoms with E-state index in [2.05, 4.69) is 41.5 Å². The summed E-state index contributed by atoms with van der Waals surface area (Å²) in [6.45, 7) is 16.1. The summed E-state index contributed by atoms with van der Waals surface area (Å²) in [4.78, 5) is 0. The first-order valence-corrected chi connectivity index (χ1v) is 14.3. The minimum absolute atomic E-state index is 0.0843. The highest BCUT2D eigenvalue weighted by Gasteiger charge is 2.67. The molecule has 2 nitrogen and oxygen atoms in total.